The zero-order valence-corrected chi connectivity index (χ0v) is 22.1. The first-order valence-electron chi connectivity index (χ1n) is 13.5. The molecule has 0 aromatic carbocycles. The van der Waals surface area contributed by atoms with Crippen molar-refractivity contribution in [1.29, 1.82) is 0 Å². The van der Waals surface area contributed by atoms with Crippen LogP contribution in [0.1, 0.15) is 78.1 Å². The zero-order valence-electron chi connectivity index (χ0n) is 21.3. The van der Waals surface area contributed by atoms with E-state index < -0.39 is 5.60 Å². The molecule has 5 aliphatic rings. The van der Waals surface area contributed by atoms with Crippen molar-refractivity contribution in [2.45, 2.75) is 88.9 Å². The summed E-state index contributed by atoms with van der Waals surface area (Å²) in [5, 5.41) is 13.2. The lowest BCUT2D eigenvalue weighted by atomic mass is 9.43. The summed E-state index contributed by atoms with van der Waals surface area (Å²) < 4.78 is 5.27. The highest BCUT2D eigenvalue weighted by Crippen LogP contribution is 2.70. The molecule has 0 radical (unpaired) electrons. The van der Waals surface area contributed by atoms with Crippen molar-refractivity contribution in [1.82, 2.24) is 4.90 Å². The Kier molecular flexibility index (Phi) is 6.49. The molecule has 0 aromatic heterocycles. The summed E-state index contributed by atoms with van der Waals surface area (Å²) in [5.74, 6) is 3.30. The maximum atomic E-state index is 12.3. The lowest BCUT2D eigenvalue weighted by molar-refractivity contribution is -0.203. The summed E-state index contributed by atoms with van der Waals surface area (Å²) >= 11 is 2.23. The van der Waals surface area contributed by atoms with Gasteiger partial charge in [0.1, 0.15) is 6.61 Å². The van der Waals surface area contributed by atoms with Gasteiger partial charge in [0, 0.05) is 16.7 Å². The van der Waals surface area contributed by atoms with Crippen LogP contribution in [0.4, 0.5) is 0 Å². The Labute approximate surface area is 205 Å². The first-order valence-corrected chi connectivity index (χ1v) is 14.6. The first kappa shape index (κ1) is 24.2. The fourth-order valence-electron chi connectivity index (χ4n) is 9.15. The molecule has 0 amide bonds. The van der Waals surface area contributed by atoms with Crippen LogP contribution in [0.25, 0.3) is 0 Å². The Morgan fingerprint density at radius 1 is 1.09 bits per heavy atom. The number of fused-ring (bicyclic) bond motifs is 5. The molecule has 4 saturated carbocycles. The van der Waals surface area contributed by atoms with Crippen LogP contribution in [0.3, 0.4) is 0 Å². The second kappa shape index (κ2) is 8.85. The second-order valence-electron chi connectivity index (χ2n) is 12.7. The van der Waals surface area contributed by atoms with E-state index in [-0.39, 0.29) is 11.4 Å². The summed E-state index contributed by atoms with van der Waals surface area (Å²) in [5.41, 5.74) is 0.837. The molecular weight excluding hydrogens is 430 g/mol. The van der Waals surface area contributed by atoms with Gasteiger partial charge in [0.05, 0.1) is 5.60 Å². The summed E-state index contributed by atoms with van der Waals surface area (Å²) in [4.78, 5) is 14.1. The highest BCUT2D eigenvalue weighted by molar-refractivity contribution is 7.99. The third-order valence-electron chi connectivity index (χ3n) is 11.0. The van der Waals surface area contributed by atoms with Gasteiger partial charge >= 0.3 is 5.97 Å². The highest BCUT2D eigenvalue weighted by Gasteiger charge is 2.67. The minimum absolute atomic E-state index is 0.114. The zero-order chi connectivity index (χ0) is 23.4. The van der Waals surface area contributed by atoms with Gasteiger partial charge in [-0.2, -0.15) is 11.8 Å². The van der Waals surface area contributed by atoms with Crippen molar-refractivity contribution in [3.8, 4) is 0 Å². The lowest BCUT2D eigenvalue weighted by Gasteiger charge is -2.64. The molecule has 5 heteroatoms. The van der Waals surface area contributed by atoms with Crippen molar-refractivity contribution < 1.29 is 14.6 Å². The molecule has 1 heterocycles. The van der Waals surface area contributed by atoms with Crippen molar-refractivity contribution >= 4 is 17.7 Å². The molecule has 5 rings (SSSR count). The molecule has 4 fully saturated rings. The monoisotopic (exact) mass is 475 g/mol. The van der Waals surface area contributed by atoms with Gasteiger partial charge in [-0.25, -0.2) is 4.79 Å². The second-order valence-corrected chi connectivity index (χ2v) is 14.1. The molecule has 4 aliphatic carbocycles. The summed E-state index contributed by atoms with van der Waals surface area (Å²) in [6, 6.07) is 0. The number of carbonyl (C=O) groups is 1. The third kappa shape index (κ3) is 3.93. The molecule has 186 valence electrons. The maximum Gasteiger partial charge on any atom is 0.331 e. The van der Waals surface area contributed by atoms with Crippen LogP contribution in [0.2, 0.25) is 0 Å². The van der Waals surface area contributed by atoms with Gasteiger partial charge in [0.15, 0.2) is 0 Å². The highest BCUT2D eigenvalue weighted by atomic mass is 32.2. The minimum atomic E-state index is -0.585. The van der Waals surface area contributed by atoms with E-state index in [9.17, 15) is 9.90 Å². The number of aliphatic hydroxyl groups is 1. The fraction of sp³-hybridized carbons (Fsp3) is 0.893. The predicted octanol–water partition coefficient (Wildman–Crippen LogP) is 5.30. The standard InChI is InChI=1S/C28H45NO3S/c1-26-11-8-21(33-15-5-14-29(3)4)17-20(26)6-7-24-23(26)9-12-27(2)22(10-13-28(24,27)31)19-16-25(30)32-18-19/h16,20-24,31H,5-15,17-18H2,1-4H3/t20-,21+,22-,23+,24-,26+,27-,28+/m1/s1. The summed E-state index contributed by atoms with van der Waals surface area (Å²) in [6.07, 6.45) is 13.8. The maximum absolute atomic E-state index is 12.3. The fourth-order valence-corrected chi connectivity index (χ4v) is 10.4. The van der Waals surface area contributed by atoms with Crippen LogP contribution in [-0.2, 0) is 9.53 Å². The lowest BCUT2D eigenvalue weighted by Crippen LogP contribution is -2.62. The molecule has 0 unspecified atom stereocenters. The van der Waals surface area contributed by atoms with E-state index in [1.807, 2.05) is 0 Å². The van der Waals surface area contributed by atoms with E-state index in [4.69, 9.17) is 4.74 Å². The van der Waals surface area contributed by atoms with Crippen LogP contribution in [-0.4, -0.2) is 59.8 Å². The van der Waals surface area contributed by atoms with Crippen molar-refractivity contribution in [2.24, 2.45) is 34.5 Å². The predicted molar refractivity (Wildman–Crippen MR) is 135 cm³/mol. The van der Waals surface area contributed by atoms with Gasteiger partial charge in [-0.15, -0.1) is 0 Å². The Hall–Kier alpha value is -0.520. The van der Waals surface area contributed by atoms with Crippen LogP contribution in [0.5, 0.6) is 0 Å². The summed E-state index contributed by atoms with van der Waals surface area (Å²) in [6.45, 7) is 6.56. The van der Waals surface area contributed by atoms with Crippen molar-refractivity contribution in [3.05, 3.63) is 11.6 Å². The van der Waals surface area contributed by atoms with Gasteiger partial charge < -0.3 is 14.7 Å². The molecule has 4 nitrogen and oxygen atoms in total. The van der Waals surface area contributed by atoms with Gasteiger partial charge in [-0.3, -0.25) is 0 Å². The number of nitrogens with zero attached hydrogens (tertiary/aromatic N) is 1. The van der Waals surface area contributed by atoms with Crippen LogP contribution in [0.15, 0.2) is 11.6 Å². The van der Waals surface area contributed by atoms with Gasteiger partial charge in [-0.1, -0.05) is 13.8 Å². The largest absolute Gasteiger partial charge is 0.458 e. The molecule has 1 N–H and O–H groups in total. The number of hydrogen-bond donors (Lipinski definition) is 1. The molecule has 0 aromatic rings. The van der Waals surface area contributed by atoms with E-state index in [0.29, 0.717) is 29.8 Å². The van der Waals surface area contributed by atoms with Crippen LogP contribution < -0.4 is 0 Å². The molecule has 0 bridgehead atoms. The minimum Gasteiger partial charge on any atom is -0.458 e. The third-order valence-corrected chi connectivity index (χ3v) is 12.5. The number of esters is 1. The number of rotatable bonds is 6. The first-order chi connectivity index (χ1) is 15.7. The number of thioether (sulfide) groups is 1. The van der Waals surface area contributed by atoms with E-state index >= 15 is 0 Å². The van der Waals surface area contributed by atoms with Gasteiger partial charge in [0.25, 0.3) is 0 Å². The Morgan fingerprint density at radius 2 is 1.91 bits per heavy atom. The Bertz CT molecular complexity index is 798. The van der Waals surface area contributed by atoms with E-state index in [2.05, 4.69) is 44.6 Å². The average molecular weight is 476 g/mol. The number of ether oxygens (including phenoxy) is 1. The molecular formula is C28H45NO3S. The topological polar surface area (TPSA) is 49.8 Å². The van der Waals surface area contributed by atoms with Crippen molar-refractivity contribution in [3.63, 3.8) is 0 Å². The summed E-state index contributed by atoms with van der Waals surface area (Å²) in [7, 11) is 4.34. The van der Waals surface area contributed by atoms with Gasteiger partial charge in [-0.05, 0) is 125 Å². The molecule has 0 saturated heterocycles. The van der Waals surface area contributed by atoms with Gasteiger partial charge in [0.2, 0.25) is 0 Å². The van der Waals surface area contributed by atoms with Crippen LogP contribution >= 0.6 is 11.8 Å². The molecule has 1 aliphatic heterocycles. The smallest absolute Gasteiger partial charge is 0.331 e. The normalized spacial score (nSPS) is 47.0. The molecule has 8 atom stereocenters. The van der Waals surface area contributed by atoms with Crippen molar-refractivity contribution in [2.75, 3.05) is 33.0 Å². The van der Waals surface area contributed by atoms with E-state index in [1.165, 1.54) is 57.2 Å². The average Bonchev–Trinajstić information content (AvgIpc) is 3.31. The van der Waals surface area contributed by atoms with Crippen LogP contribution in [0, 0.1) is 34.5 Å². The number of carbonyl (C=O) groups excluding carboxylic acids is 1. The Morgan fingerprint density at radius 3 is 2.64 bits per heavy atom. The van der Waals surface area contributed by atoms with E-state index in [1.54, 1.807) is 6.08 Å². The number of cyclic esters (lactones) is 1. The molecule has 0 spiro atoms. The number of hydrogen-bond acceptors (Lipinski definition) is 5. The Balaban J connectivity index is 1.28. The molecule has 33 heavy (non-hydrogen) atoms. The van der Waals surface area contributed by atoms with E-state index in [0.717, 1.165) is 36.0 Å². The SMILES string of the molecule is CN(C)CCCS[C@H]1CC[C@@]2(C)[C@H](CC[C@@H]3[C@@H]2CC[C@]2(C)[C@@H](C4=CC(=O)OC4)CC[C@]32O)C1. The quantitative estimate of drug-likeness (QED) is 0.417.